The number of methoxy groups -OCH3 is 3. The summed E-state index contributed by atoms with van der Waals surface area (Å²) in [6.45, 7) is 0.0348. The van der Waals surface area contributed by atoms with Crippen molar-refractivity contribution in [2.75, 3.05) is 28.1 Å². The van der Waals surface area contributed by atoms with E-state index in [1.807, 2.05) is 0 Å². The average molecular weight is 557 g/mol. The van der Waals surface area contributed by atoms with Gasteiger partial charge in [0.05, 0.1) is 39.0 Å². The molecule has 1 aliphatic heterocycles. The minimum atomic E-state index is -1.51. The third-order valence-electron chi connectivity index (χ3n) is 6.06. The molecule has 0 fully saturated rings. The topological polar surface area (TPSA) is 129 Å². The first-order valence-electron chi connectivity index (χ1n) is 11.3. The number of hydrogen-bond donors (Lipinski definition) is 0. The number of ether oxygens (including phenoxy) is 5. The maximum atomic E-state index is 14.0. The summed E-state index contributed by atoms with van der Waals surface area (Å²) in [4.78, 5) is 26.6. The molecule has 0 saturated heterocycles. The molecule has 0 unspecified atom stereocenters. The van der Waals surface area contributed by atoms with Gasteiger partial charge in [-0.3, -0.25) is 4.79 Å². The number of nitrogens with zero attached hydrogens (tertiary/aromatic N) is 2. The molecule has 12 heteroatoms. The fraction of sp³-hybridized carbons (Fsp3) is 0.185. The fourth-order valence-electron chi connectivity index (χ4n) is 4.29. The zero-order valence-electron chi connectivity index (χ0n) is 21.6. The van der Waals surface area contributed by atoms with Gasteiger partial charge in [-0.2, -0.15) is 8.75 Å². The number of carboxylic acids is 1. The normalized spacial score (nSPS) is 12.4. The van der Waals surface area contributed by atoms with E-state index in [4.69, 9.17) is 23.7 Å². The van der Waals surface area contributed by atoms with Crippen LogP contribution in [0.5, 0.6) is 28.7 Å². The van der Waals surface area contributed by atoms with Crippen LogP contribution in [-0.4, -0.2) is 48.6 Å². The molecule has 5 rings (SSSR count). The van der Waals surface area contributed by atoms with E-state index in [2.05, 4.69) is 8.75 Å². The van der Waals surface area contributed by atoms with E-state index in [0.29, 0.717) is 45.3 Å². The first-order chi connectivity index (χ1) is 18.4. The van der Waals surface area contributed by atoms with Gasteiger partial charge in [0.15, 0.2) is 28.8 Å². The largest absolute Gasteiger partial charge is 1.00 e. The summed E-state index contributed by atoms with van der Waals surface area (Å²) in [6.07, 6.45) is -0.0827. The molecule has 10 nitrogen and oxygen atoms in total. The minimum absolute atomic E-state index is 0. The molecule has 0 saturated carbocycles. The third-order valence-corrected chi connectivity index (χ3v) is 6.62. The smallest absolute Gasteiger partial charge is 0.545 e. The second-order valence-electron chi connectivity index (χ2n) is 8.22. The van der Waals surface area contributed by atoms with Crippen LogP contribution in [0.15, 0.2) is 54.1 Å². The average Bonchev–Trinajstić information content (AvgIpc) is 3.60. The molecule has 0 aliphatic carbocycles. The van der Waals surface area contributed by atoms with Crippen LogP contribution in [0.3, 0.4) is 0 Å². The van der Waals surface area contributed by atoms with Gasteiger partial charge in [-0.05, 0) is 53.6 Å². The van der Waals surface area contributed by atoms with Crippen LogP contribution in [0.25, 0.3) is 16.6 Å². The van der Waals surface area contributed by atoms with Crippen molar-refractivity contribution in [1.82, 2.24) is 8.75 Å². The van der Waals surface area contributed by atoms with E-state index in [-0.39, 0.29) is 65.0 Å². The SMILES string of the molecule is COc1cc(C/C(C(=O)c2ccc3c(c2)OCO3)=C(\C(=O)[O-])c2ccc3nsnc3c2)cc(OC)c1OC.[Na+]. The van der Waals surface area contributed by atoms with Crippen molar-refractivity contribution in [2.45, 2.75) is 6.42 Å². The summed E-state index contributed by atoms with van der Waals surface area (Å²) in [5.41, 5.74) is 1.89. The second-order valence-corrected chi connectivity index (χ2v) is 8.74. The first kappa shape index (κ1) is 28.4. The molecule has 194 valence electrons. The van der Waals surface area contributed by atoms with Crippen molar-refractivity contribution < 1.29 is 67.9 Å². The number of ketones is 1. The van der Waals surface area contributed by atoms with Crippen molar-refractivity contribution in [1.29, 1.82) is 0 Å². The van der Waals surface area contributed by atoms with Gasteiger partial charge in [-0.1, -0.05) is 6.07 Å². The molecule has 1 aromatic heterocycles. The Morgan fingerprint density at radius 3 is 2.21 bits per heavy atom. The third kappa shape index (κ3) is 5.57. The molecule has 0 atom stereocenters. The molecule has 3 aromatic carbocycles. The molecule has 1 aliphatic rings. The maximum Gasteiger partial charge on any atom is 1.00 e. The Labute approximate surface area is 249 Å². The first-order valence-corrected chi connectivity index (χ1v) is 12.1. The summed E-state index contributed by atoms with van der Waals surface area (Å²) in [7, 11) is 4.42. The van der Waals surface area contributed by atoms with Crippen LogP contribution >= 0.6 is 11.7 Å². The van der Waals surface area contributed by atoms with E-state index >= 15 is 0 Å². The Morgan fingerprint density at radius 1 is 0.872 bits per heavy atom. The maximum absolute atomic E-state index is 14.0. The van der Waals surface area contributed by atoms with Crippen LogP contribution in [-0.2, 0) is 11.2 Å². The van der Waals surface area contributed by atoms with Crippen LogP contribution in [0.1, 0.15) is 21.5 Å². The summed E-state index contributed by atoms with van der Waals surface area (Å²) in [5, 5.41) is 12.6. The van der Waals surface area contributed by atoms with Crippen LogP contribution in [0.2, 0.25) is 0 Å². The predicted octanol–water partition coefficient (Wildman–Crippen LogP) is 0.0789. The van der Waals surface area contributed by atoms with Gasteiger partial charge in [0.2, 0.25) is 12.5 Å². The number of carbonyl (C=O) groups excluding carboxylic acids is 2. The van der Waals surface area contributed by atoms with Crippen molar-refractivity contribution in [3.05, 3.63) is 70.8 Å². The fourth-order valence-corrected chi connectivity index (χ4v) is 4.81. The van der Waals surface area contributed by atoms with E-state index in [0.717, 1.165) is 11.7 Å². The molecule has 0 spiro atoms. The van der Waals surface area contributed by atoms with Crippen LogP contribution in [0, 0.1) is 0 Å². The summed E-state index contributed by atoms with van der Waals surface area (Å²) >= 11 is 1.01. The van der Waals surface area contributed by atoms with Gasteiger partial charge in [0.1, 0.15) is 11.0 Å². The van der Waals surface area contributed by atoms with Crippen LogP contribution < -0.4 is 58.3 Å². The summed E-state index contributed by atoms with van der Waals surface area (Å²) in [6, 6.07) is 12.8. The second kappa shape index (κ2) is 12.0. The minimum Gasteiger partial charge on any atom is -0.545 e. The number of rotatable bonds is 9. The molecule has 4 aromatic rings. The van der Waals surface area contributed by atoms with E-state index < -0.39 is 11.8 Å². The molecule has 0 bridgehead atoms. The Kier molecular flexibility index (Phi) is 8.76. The molecule has 0 N–H and O–H groups in total. The van der Waals surface area contributed by atoms with Crippen molar-refractivity contribution in [3.63, 3.8) is 0 Å². The van der Waals surface area contributed by atoms with Crippen molar-refractivity contribution in [2.24, 2.45) is 0 Å². The van der Waals surface area contributed by atoms with E-state index in [9.17, 15) is 14.7 Å². The molecule has 0 amide bonds. The van der Waals surface area contributed by atoms with Crippen molar-refractivity contribution in [3.8, 4) is 28.7 Å². The van der Waals surface area contributed by atoms with Crippen molar-refractivity contribution >= 4 is 40.1 Å². The Morgan fingerprint density at radius 2 is 1.54 bits per heavy atom. The standard InChI is InChI=1S/C27H22N2O8S.Na/c1-33-22-9-14(10-23(34-2)26(22)35-3)8-17(25(30)16-5-7-20-21(12-16)37-13-36-20)24(27(31)32)15-4-6-18-19(11-15)29-38-28-18;/h4-7,9-12H,8,13H2,1-3H3,(H,31,32);/q;+1/p-1/b24-17+;. The Balaban J connectivity index is 0.00000353. The number of fused-ring (bicyclic) bond motifs is 2. The monoisotopic (exact) mass is 556 g/mol. The Bertz CT molecular complexity index is 1570. The molecule has 0 radical (unpaired) electrons. The van der Waals surface area contributed by atoms with Gasteiger partial charge >= 0.3 is 29.6 Å². The number of aliphatic carboxylic acids is 1. The molecular weight excluding hydrogens is 535 g/mol. The number of Topliss-reactive ketones (excluding diaryl/α,β-unsaturated/α-hetero) is 1. The quantitative estimate of drug-likeness (QED) is 0.159. The number of aromatic nitrogens is 2. The summed E-state index contributed by atoms with van der Waals surface area (Å²) < 4.78 is 35.4. The number of carboxylic acid groups (broad SMARTS) is 1. The number of hydrogen-bond acceptors (Lipinski definition) is 11. The summed E-state index contributed by atoms with van der Waals surface area (Å²) in [5.74, 6) is -0.0422. The molecular formula is C27H21N2NaO8S. The zero-order valence-corrected chi connectivity index (χ0v) is 24.4. The van der Waals surface area contributed by atoms with Gasteiger partial charge in [-0.25, -0.2) is 0 Å². The van der Waals surface area contributed by atoms with E-state index in [1.54, 1.807) is 42.5 Å². The number of allylic oxidation sites excluding steroid dienone is 1. The molecule has 39 heavy (non-hydrogen) atoms. The number of benzene rings is 3. The van der Waals surface area contributed by atoms with Crippen LogP contribution in [0.4, 0.5) is 0 Å². The van der Waals surface area contributed by atoms with Gasteiger partial charge in [-0.15, -0.1) is 0 Å². The predicted molar refractivity (Wildman–Crippen MR) is 136 cm³/mol. The molecule has 2 heterocycles. The number of carbonyl (C=O) groups is 2. The van der Waals surface area contributed by atoms with Gasteiger partial charge in [0, 0.05) is 23.1 Å². The Hall–Kier alpha value is -3.64. The van der Waals surface area contributed by atoms with Gasteiger partial charge in [0.25, 0.3) is 0 Å². The zero-order chi connectivity index (χ0) is 26.8. The van der Waals surface area contributed by atoms with E-state index in [1.165, 1.54) is 27.4 Å². The van der Waals surface area contributed by atoms with Gasteiger partial charge < -0.3 is 33.6 Å².